The number of aromatic amines is 1. The lowest BCUT2D eigenvalue weighted by atomic mass is 10.1. The molecule has 1 heterocycles. The highest BCUT2D eigenvalue weighted by atomic mass is 32.2. The van der Waals surface area contributed by atoms with Gasteiger partial charge in [-0.15, -0.1) is 10.2 Å². The molecular weight excluding hydrogens is 381 g/mol. The van der Waals surface area contributed by atoms with E-state index < -0.39 is 10.0 Å². The van der Waals surface area contributed by atoms with Gasteiger partial charge in [0.25, 0.3) is 10.0 Å². The van der Waals surface area contributed by atoms with E-state index in [1.807, 2.05) is 0 Å². The largest absolute Gasteiger partial charge is 0.280 e. The zero-order chi connectivity index (χ0) is 19.6. The highest BCUT2D eigenvalue weighted by Crippen LogP contribution is 2.25. The quantitative estimate of drug-likeness (QED) is 0.539. The van der Waals surface area contributed by atoms with Crippen molar-refractivity contribution in [2.75, 3.05) is 4.72 Å². The first-order chi connectivity index (χ1) is 13.5. The third-order valence-electron chi connectivity index (χ3n) is 4.04. The Labute approximate surface area is 160 Å². The van der Waals surface area contributed by atoms with Crippen LogP contribution >= 0.6 is 0 Å². The molecule has 28 heavy (non-hydrogen) atoms. The molecule has 0 bridgehead atoms. The van der Waals surface area contributed by atoms with E-state index in [1.165, 1.54) is 18.2 Å². The SMILES string of the molecule is O=S(=O)(Nc1cccc(-c2nn[nH]n2)c1)c1cccc(-c2ccc(F)cc2)c1. The van der Waals surface area contributed by atoms with E-state index in [4.69, 9.17) is 0 Å². The first-order valence-electron chi connectivity index (χ1n) is 8.24. The predicted molar refractivity (Wildman–Crippen MR) is 102 cm³/mol. The maximum absolute atomic E-state index is 13.1. The lowest BCUT2D eigenvalue weighted by Crippen LogP contribution is -2.13. The molecule has 0 aliphatic rings. The fourth-order valence-corrected chi connectivity index (χ4v) is 3.80. The van der Waals surface area contributed by atoms with Crippen LogP contribution in [0.5, 0.6) is 0 Å². The minimum absolute atomic E-state index is 0.0966. The maximum atomic E-state index is 13.1. The first-order valence-corrected chi connectivity index (χ1v) is 9.72. The van der Waals surface area contributed by atoms with Gasteiger partial charge in [-0.3, -0.25) is 4.72 Å². The molecule has 7 nitrogen and oxygen atoms in total. The number of anilines is 1. The molecule has 0 unspecified atom stereocenters. The Bertz CT molecular complexity index is 1210. The molecular formula is C19H14FN5O2S. The van der Waals surface area contributed by atoms with Crippen molar-refractivity contribution in [1.82, 2.24) is 20.6 Å². The second-order valence-corrected chi connectivity index (χ2v) is 7.64. The number of sulfonamides is 1. The normalized spacial score (nSPS) is 11.3. The first kappa shape index (κ1) is 17.8. The highest BCUT2D eigenvalue weighted by molar-refractivity contribution is 7.92. The topological polar surface area (TPSA) is 101 Å². The van der Waals surface area contributed by atoms with Crippen LogP contribution in [0.25, 0.3) is 22.5 Å². The molecule has 0 atom stereocenters. The van der Waals surface area contributed by atoms with Gasteiger partial charge in [0.2, 0.25) is 5.82 Å². The van der Waals surface area contributed by atoms with E-state index in [0.717, 1.165) is 5.56 Å². The number of tetrazole rings is 1. The number of nitrogens with one attached hydrogen (secondary N) is 2. The van der Waals surface area contributed by atoms with Crippen molar-refractivity contribution in [2.24, 2.45) is 0 Å². The minimum atomic E-state index is -3.83. The highest BCUT2D eigenvalue weighted by Gasteiger charge is 2.16. The second kappa shape index (κ2) is 7.20. The van der Waals surface area contributed by atoms with Gasteiger partial charge < -0.3 is 0 Å². The molecule has 1 aromatic heterocycles. The Balaban J connectivity index is 1.63. The van der Waals surface area contributed by atoms with Gasteiger partial charge >= 0.3 is 0 Å². The molecule has 4 rings (SSSR count). The summed E-state index contributed by atoms with van der Waals surface area (Å²) in [4.78, 5) is 0.0966. The van der Waals surface area contributed by atoms with E-state index in [0.29, 0.717) is 22.6 Å². The van der Waals surface area contributed by atoms with Gasteiger partial charge in [-0.25, -0.2) is 12.8 Å². The summed E-state index contributed by atoms with van der Waals surface area (Å²) in [7, 11) is -3.83. The molecule has 0 fully saturated rings. The Morgan fingerprint density at radius 1 is 0.857 bits per heavy atom. The van der Waals surface area contributed by atoms with Gasteiger partial charge in [0, 0.05) is 11.3 Å². The predicted octanol–water partition coefficient (Wildman–Crippen LogP) is 3.47. The van der Waals surface area contributed by atoms with Gasteiger partial charge in [-0.05, 0) is 52.7 Å². The Hall–Kier alpha value is -3.59. The molecule has 0 saturated heterocycles. The average Bonchev–Trinajstić information content (AvgIpc) is 3.23. The van der Waals surface area contributed by atoms with Crippen molar-refractivity contribution in [3.8, 4) is 22.5 Å². The lowest BCUT2D eigenvalue weighted by Gasteiger charge is -2.10. The lowest BCUT2D eigenvalue weighted by molar-refractivity contribution is 0.601. The van der Waals surface area contributed by atoms with E-state index >= 15 is 0 Å². The van der Waals surface area contributed by atoms with Crippen molar-refractivity contribution in [3.05, 3.63) is 78.6 Å². The number of halogens is 1. The summed E-state index contributed by atoms with van der Waals surface area (Å²) in [5, 5.41) is 13.6. The average molecular weight is 395 g/mol. The van der Waals surface area contributed by atoms with Crippen molar-refractivity contribution >= 4 is 15.7 Å². The van der Waals surface area contributed by atoms with E-state index in [-0.39, 0.29) is 10.7 Å². The van der Waals surface area contributed by atoms with Crippen LogP contribution in [0.2, 0.25) is 0 Å². The standard InChI is InChI=1S/C19H14FN5O2S/c20-16-9-7-13(8-10-16)14-3-2-6-18(12-14)28(26,27)23-17-5-1-4-15(11-17)19-21-24-25-22-19/h1-12,23H,(H,21,22,24,25). The van der Waals surface area contributed by atoms with Crippen LogP contribution in [0.4, 0.5) is 10.1 Å². The van der Waals surface area contributed by atoms with Crippen LogP contribution < -0.4 is 4.72 Å². The zero-order valence-electron chi connectivity index (χ0n) is 14.4. The smallest absolute Gasteiger partial charge is 0.261 e. The summed E-state index contributed by atoms with van der Waals surface area (Å²) in [6.45, 7) is 0. The molecule has 0 spiro atoms. The number of rotatable bonds is 5. The summed E-state index contributed by atoms with van der Waals surface area (Å²) in [6.07, 6.45) is 0. The number of aromatic nitrogens is 4. The van der Waals surface area contributed by atoms with Crippen LogP contribution in [-0.4, -0.2) is 29.0 Å². The Morgan fingerprint density at radius 2 is 1.61 bits per heavy atom. The van der Waals surface area contributed by atoms with Gasteiger partial charge in [0.1, 0.15) is 5.82 Å². The number of benzene rings is 3. The van der Waals surface area contributed by atoms with Gasteiger partial charge in [0.05, 0.1) is 4.90 Å². The van der Waals surface area contributed by atoms with Crippen LogP contribution in [0.15, 0.2) is 77.7 Å². The van der Waals surface area contributed by atoms with E-state index in [2.05, 4.69) is 25.3 Å². The van der Waals surface area contributed by atoms with Crippen molar-refractivity contribution < 1.29 is 12.8 Å². The third kappa shape index (κ3) is 3.74. The van der Waals surface area contributed by atoms with Crippen LogP contribution in [0.1, 0.15) is 0 Å². The molecule has 0 radical (unpaired) electrons. The molecule has 0 saturated carbocycles. The fraction of sp³-hybridized carbons (Fsp3) is 0. The zero-order valence-corrected chi connectivity index (χ0v) is 15.2. The molecule has 2 N–H and O–H groups in total. The number of hydrogen-bond acceptors (Lipinski definition) is 5. The van der Waals surface area contributed by atoms with Gasteiger partial charge in [0.15, 0.2) is 0 Å². The molecule has 140 valence electrons. The fourth-order valence-electron chi connectivity index (χ4n) is 2.71. The number of nitrogens with zero attached hydrogens (tertiary/aromatic N) is 3. The molecule has 0 amide bonds. The summed E-state index contributed by atoms with van der Waals surface area (Å²) >= 11 is 0. The maximum Gasteiger partial charge on any atom is 0.261 e. The Morgan fingerprint density at radius 3 is 2.36 bits per heavy atom. The van der Waals surface area contributed by atoms with Crippen molar-refractivity contribution in [1.29, 1.82) is 0 Å². The van der Waals surface area contributed by atoms with Crippen molar-refractivity contribution in [2.45, 2.75) is 4.90 Å². The van der Waals surface area contributed by atoms with Crippen molar-refractivity contribution in [3.63, 3.8) is 0 Å². The molecule has 3 aromatic carbocycles. The number of hydrogen-bond donors (Lipinski definition) is 2. The van der Waals surface area contributed by atoms with Gasteiger partial charge in [-0.2, -0.15) is 5.21 Å². The van der Waals surface area contributed by atoms with Crippen LogP contribution in [-0.2, 0) is 10.0 Å². The monoisotopic (exact) mass is 395 g/mol. The van der Waals surface area contributed by atoms with E-state index in [9.17, 15) is 12.8 Å². The molecule has 0 aliphatic carbocycles. The van der Waals surface area contributed by atoms with Crippen LogP contribution in [0, 0.1) is 5.82 Å². The summed E-state index contributed by atoms with van der Waals surface area (Å²) in [6, 6.07) is 19.0. The number of H-pyrrole nitrogens is 1. The molecule has 4 aromatic rings. The molecule has 9 heteroatoms. The molecule has 0 aliphatic heterocycles. The summed E-state index contributed by atoms with van der Waals surface area (Å²) < 4.78 is 41.3. The van der Waals surface area contributed by atoms with E-state index in [1.54, 1.807) is 54.6 Å². The second-order valence-electron chi connectivity index (χ2n) is 5.96. The summed E-state index contributed by atoms with van der Waals surface area (Å²) in [5.74, 6) is 0.00929. The van der Waals surface area contributed by atoms with Crippen LogP contribution in [0.3, 0.4) is 0 Å². The summed E-state index contributed by atoms with van der Waals surface area (Å²) in [5.41, 5.74) is 2.38. The minimum Gasteiger partial charge on any atom is -0.280 e. The third-order valence-corrected chi connectivity index (χ3v) is 5.42. The van der Waals surface area contributed by atoms with Gasteiger partial charge in [-0.1, -0.05) is 36.4 Å². The Kier molecular flexibility index (Phi) is 4.58.